The van der Waals surface area contributed by atoms with E-state index in [1.54, 1.807) is 6.26 Å². The van der Waals surface area contributed by atoms with Crippen LogP contribution in [0.3, 0.4) is 0 Å². The molecule has 0 spiro atoms. The Morgan fingerprint density at radius 2 is 1.80 bits per heavy atom. The second kappa shape index (κ2) is 2.57. The standard InChI is InChI=1S/CH5BO2S/c1-5-2(3)4/h3-4H,1H3. The Morgan fingerprint density at radius 1 is 1.60 bits per heavy atom. The van der Waals surface area contributed by atoms with Crippen LogP contribution >= 0.6 is 11.6 Å². The van der Waals surface area contributed by atoms with Gasteiger partial charge in [-0.05, 0) is 6.26 Å². The molecule has 0 aromatic heterocycles. The topological polar surface area (TPSA) is 40.5 Å². The summed E-state index contributed by atoms with van der Waals surface area (Å²) in [6.07, 6.45) is 0.417. The van der Waals surface area contributed by atoms with E-state index in [9.17, 15) is 0 Å². The fraction of sp³-hybridized carbons (Fsp3) is 1.00. The maximum atomic E-state index is 7.88. The fourth-order valence-electron chi connectivity index (χ4n) is 0. The van der Waals surface area contributed by atoms with Crippen LogP contribution in [0.5, 0.6) is 0 Å². The molecule has 4 heteroatoms. The third-order valence-corrected chi connectivity index (χ3v) is 0.632. The first-order valence-corrected chi connectivity index (χ1v) is 2.45. The molecule has 0 atom stereocenters. The Kier molecular flexibility index (Phi) is 2.74. The van der Waals surface area contributed by atoms with Gasteiger partial charge in [-0.3, -0.25) is 0 Å². The molecular weight excluding hydrogens is 86.9 g/mol. The van der Waals surface area contributed by atoms with Crippen LogP contribution in [-0.2, 0) is 0 Å². The van der Waals surface area contributed by atoms with Gasteiger partial charge in [0.15, 0.2) is 0 Å². The summed E-state index contributed by atoms with van der Waals surface area (Å²) < 4.78 is 0. The average molecular weight is 91.9 g/mol. The van der Waals surface area contributed by atoms with Crippen LogP contribution in [-0.4, -0.2) is 22.7 Å². The van der Waals surface area contributed by atoms with Crippen molar-refractivity contribution in [3.05, 3.63) is 0 Å². The highest BCUT2D eigenvalue weighted by molar-refractivity contribution is 8.23. The van der Waals surface area contributed by atoms with Crippen molar-refractivity contribution in [2.45, 2.75) is 0 Å². The Labute approximate surface area is 35.2 Å². The van der Waals surface area contributed by atoms with Crippen LogP contribution in [0, 0.1) is 0 Å². The van der Waals surface area contributed by atoms with Crippen molar-refractivity contribution in [1.29, 1.82) is 0 Å². The van der Waals surface area contributed by atoms with E-state index in [1.807, 2.05) is 0 Å². The SMILES string of the molecule is CSB(O)O. The van der Waals surface area contributed by atoms with Gasteiger partial charge in [0, 0.05) is 0 Å². The summed E-state index contributed by atoms with van der Waals surface area (Å²) in [5.41, 5.74) is 0. The quantitative estimate of drug-likeness (QED) is 0.421. The largest absolute Gasteiger partial charge is 0.525 e. The van der Waals surface area contributed by atoms with E-state index in [2.05, 4.69) is 0 Å². The van der Waals surface area contributed by atoms with E-state index in [1.165, 1.54) is 0 Å². The Morgan fingerprint density at radius 3 is 1.80 bits per heavy atom. The summed E-state index contributed by atoms with van der Waals surface area (Å²) >= 11 is 0.991. The molecule has 30 valence electrons. The van der Waals surface area contributed by atoms with Gasteiger partial charge in [-0.2, -0.15) is 0 Å². The molecule has 0 bridgehead atoms. The van der Waals surface area contributed by atoms with Crippen molar-refractivity contribution < 1.29 is 10.0 Å². The van der Waals surface area contributed by atoms with Crippen LogP contribution < -0.4 is 0 Å². The van der Waals surface area contributed by atoms with Crippen molar-refractivity contribution in [2.24, 2.45) is 0 Å². The molecule has 2 N–H and O–H groups in total. The van der Waals surface area contributed by atoms with Gasteiger partial charge in [0.05, 0.1) is 0 Å². The molecule has 0 aromatic rings. The summed E-state index contributed by atoms with van der Waals surface area (Å²) in [6, 6.07) is 0. The lowest BCUT2D eigenvalue weighted by Crippen LogP contribution is -2.01. The average Bonchev–Trinajstić information content (AvgIpc) is 1.38. The first-order valence-electron chi connectivity index (χ1n) is 1.16. The van der Waals surface area contributed by atoms with E-state index in [0.717, 1.165) is 11.6 Å². The van der Waals surface area contributed by atoms with Gasteiger partial charge in [0.1, 0.15) is 0 Å². The molecule has 0 rings (SSSR count). The third kappa shape index (κ3) is 4.33. The Hall–Kier alpha value is 0.335. The normalized spacial score (nSPS) is 7.80. The van der Waals surface area contributed by atoms with E-state index in [4.69, 9.17) is 10.0 Å². The van der Waals surface area contributed by atoms with Crippen molar-refractivity contribution in [3.8, 4) is 0 Å². The Balaban J connectivity index is 2.54. The summed E-state index contributed by atoms with van der Waals surface area (Å²) in [4.78, 5) is 0. The fourth-order valence-corrected chi connectivity index (χ4v) is 0. The van der Waals surface area contributed by atoms with Crippen molar-refractivity contribution >= 4 is 18.0 Å². The van der Waals surface area contributed by atoms with Gasteiger partial charge in [0.2, 0.25) is 0 Å². The van der Waals surface area contributed by atoms with Gasteiger partial charge < -0.3 is 10.0 Å². The van der Waals surface area contributed by atoms with Crippen LogP contribution in [0.4, 0.5) is 0 Å². The van der Waals surface area contributed by atoms with Crippen molar-refractivity contribution in [1.82, 2.24) is 0 Å². The predicted octanol–water partition coefficient (Wildman–Crippen LogP) is -0.681. The van der Waals surface area contributed by atoms with Crippen LogP contribution in [0.25, 0.3) is 0 Å². The summed E-state index contributed by atoms with van der Waals surface area (Å²) in [6.45, 7) is 0. The second-order valence-corrected chi connectivity index (χ2v) is 1.46. The lowest BCUT2D eigenvalue weighted by Gasteiger charge is -1.81. The van der Waals surface area contributed by atoms with E-state index in [0.29, 0.717) is 0 Å². The smallest absolute Gasteiger partial charge is 0.418 e. The van der Waals surface area contributed by atoms with E-state index < -0.39 is 6.40 Å². The third-order valence-electron chi connectivity index (χ3n) is 0.211. The molecule has 0 heterocycles. The molecule has 0 aliphatic rings. The highest BCUT2D eigenvalue weighted by atomic mass is 32.2. The van der Waals surface area contributed by atoms with Gasteiger partial charge in [0.25, 0.3) is 0 Å². The highest BCUT2D eigenvalue weighted by Crippen LogP contribution is 1.88. The van der Waals surface area contributed by atoms with Gasteiger partial charge in [-0.25, -0.2) is 0 Å². The molecule has 0 unspecified atom stereocenters. The Bertz CT molecular complexity index is 23.6. The first kappa shape index (κ1) is 5.33. The van der Waals surface area contributed by atoms with Crippen LogP contribution in [0.15, 0.2) is 0 Å². The minimum atomic E-state index is -1.20. The molecule has 0 aliphatic heterocycles. The molecule has 0 saturated heterocycles. The number of hydrogen-bond donors (Lipinski definition) is 2. The predicted molar refractivity (Wildman–Crippen MR) is 23.7 cm³/mol. The molecule has 0 aromatic carbocycles. The number of rotatable bonds is 1. The molecule has 0 aliphatic carbocycles. The molecule has 0 radical (unpaired) electrons. The molecule has 5 heavy (non-hydrogen) atoms. The first-order chi connectivity index (χ1) is 2.27. The highest BCUT2D eigenvalue weighted by Gasteiger charge is 1.98. The van der Waals surface area contributed by atoms with Crippen molar-refractivity contribution in [3.63, 3.8) is 0 Å². The molecular formula is CH5BO2S. The molecule has 0 saturated carbocycles. The van der Waals surface area contributed by atoms with Gasteiger partial charge >= 0.3 is 6.40 Å². The second-order valence-electron chi connectivity index (χ2n) is 0.562. The lowest BCUT2D eigenvalue weighted by molar-refractivity contribution is 0.438. The number of hydrogen-bond acceptors (Lipinski definition) is 3. The summed E-state index contributed by atoms with van der Waals surface area (Å²) in [5, 5.41) is 15.8. The zero-order valence-corrected chi connectivity index (χ0v) is 3.70. The maximum absolute atomic E-state index is 7.88. The zero-order valence-electron chi connectivity index (χ0n) is 2.88. The van der Waals surface area contributed by atoms with E-state index in [-0.39, 0.29) is 0 Å². The van der Waals surface area contributed by atoms with E-state index >= 15 is 0 Å². The molecule has 2 nitrogen and oxygen atoms in total. The minimum Gasteiger partial charge on any atom is -0.418 e. The van der Waals surface area contributed by atoms with Gasteiger partial charge in [-0.15, -0.1) is 11.6 Å². The maximum Gasteiger partial charge on any atom is 0.525 e. The molecule has 0 amide bonds. The summed E-state index contributed by atoms with van der Waals surface area (Å²) in [5.74, 6) is 0. The lowest BCUT2D eigenvalue weighted by atomic mass is 10.4. The zero-order chi connectivity index (χ0) is 4.28. The van der Waals surface area contributed by atoms with Crippen LogP contribution in [0.2, 0.25) is 0 Å². The summed E-state index contributed by atoms with van der Waals surface area (Å²) in [7, 11) is 0. The monoisotopic (exact) mass is 92.0 g/mol. The minimum absolute atomic E-state index is 0.991. The molecule has 0 fully saturated rings. The van der Waals surface area contributed by atoms with Crippen LogP contribution in [0.1, 0.15) is 0 Å². The van der Waals surface area contributed by atoms with Crippen molar-refractivity contribution in [2.75, 3.05) is 6.26 Å². The van der Waals surface area contributed by atoms with Gasteiger partial charge in [-0.1, -0.05) is 0 Å².